The van der Waals surface area contributed by atoms with Crippen molar-refractivity contribution in [3.05, 3.63) is 70.4 Å². The van der Waals surface area contributed by atoms with Gasteiger partial charge in [0.15, 0.2) is 0 Å². The maximum absolute atomic E-state index is 14.5. The third-order valence-electron chi connectivity index (χ3n) is 5.50. The first-order valence-electron chi connectivity index (χ1n) is 10.2. The lowest BCUT2D eigenvalue weighted by Gasteiger charge is -2.12. The van der Waals surface area contributed by atoms with Crippen LogP contribution in [0.1, 0.15) is 21.6 Å². The molecule has 0 atom stereocenters. The molecule has 0 aliphatic carbocycles. The third kappa shape index (κ3) is 4.34. The van der Waals surface area contributed by atoms with Gasteiger partial charge < -0.3 is 19.7 Å². The number of hydrogen-bond donors (Lipinski definition) is 2. The molecule has 2 N–H and O–H groups in total. The first kappa shape index (κ1) is 22.5. The second-order valence-corrected chi connectivity index (χ2v) is 8.03. The zero-order valence-corrected chi connectivity index (χ0v) is 19.1. The summed E-state index contributed by atoms with van der Waals surface area (Å²) in [5.41, 5.74) is 3.33. The summed E-state index contributed by atoms with van der Waals surface area (Å²) in [5, 5.41) is 13.4. The van der Waals surface area contributed by atoms with Crippen LogP contribution in [0, 0.1) is 19.7 Å². The highest BCUT2D eigenvalue weighted by molar-refractivity contribution is 6.34. The number of halogens is 2. The minimum absolute atomic E-state index is 0.0750. The first-order chi connectivity index (χ1) is 15.8. The maximum atomic E-state index is 14.5. The van der Waals surface area contributed by atoms with Crippen molar-refractivity contribution in [1.82, 2.24) is 14.5 Å². The number of carboxylic acids is 1. The molecule has 0 amide bonds. The van der Waals surface area contributed by atoms with Crippen molar-refractivity contribution in [2.45, 2.75) is 20.4 Å². The summed E-state index contributed by atoms with van der Waals surface area (Å²) < 4.78 is 21.8. The zero-order valence-electron chi connectivity index (χ0n) is 18.3. The number of aryl methyl sites for hydroxylation is 2. The number of benzene rings is 2. The van der Waals surface area contributed by atoms with Crippen molar-refractivity contribution < 1.29 is 19.0 Å². The van der Waals surface area contributed by atoms with Crippen LogP contribution in [0.4, 0.5) is 10.2 Å². The van der Waals surface area contributed by atoms with Gasteiger partial charge in [-0.1, -0.05) is 11.6 Å². The monoisotopic (exact) mass is 468 g/mol. The number of nitrogens with one attached hydrogen (secondary N) is 1. The second kappa shape index (κ2) is 9.07. The highest BCUT2D eigenvalue weighted by Crippen LogP contribution is 2.31. The minimum Gasteiger partial charge on any atom is -0.496 e. The van der Waals surface area contributed by atoms with E-state index in [4.69, 9.17) is 16.3 Å². The van der Waals surface area contributed by atoms with Gasteiger partial charge in [0.2, 0.25) is 0 Å². The molecule has 0 aliphatic rings. The van der Waals surface area contributed by atoms with Gasteiger partial charge in [-0.15, -0.1) is 0 Å². The molecule has 4 rings (SSSR count). The van der Waals surface area contributed by atoms with Crippen LogP contribution >= 0.6 is 11.6 Å². The molecule has 2 aromatic heterocycles. The molecule has 4 aromatic rings. The van der Waals surface area contributed by atoms with Gasteiger partial charge in [0.25, 0.3) is 0 Å². The fourth-order valence-electron chi connectivity index (χ4n) is 3.98. The number of anilines is 1. The van der Waals surface area contributed by atoms with Crippen LogP contribution in [0.15, 0.2) is 42.7 Å². The number of rotatable bonds is 7. The van der Waals surface area contributed by atoms with E-state index < -0.39 is 5.97 Å². The molecule has 7 nitrogen and oxygen atoms in total. The molecule has 0 aliphatic heterocycles. The van der Waals surface area contributed by atoms with Crippen molar-refractivity contribution in [3.63, 3.8) is 0 Å². The molecule has 0 saturated heterocycles. The van der Waals surface area contributed by atoms with E-state index in [1.165, 1.54) is 12.4 Å². The van der Waals surface area contributed by atoms with Gasteiger partial charge in [-0.2, -0.15) is 0 Å². The average Bonchev–Trinajstić information content (AvgIpc) is 3.10. The van der Waals surface area contributed by atoms with Crippen LogP contribution in [0.2, 0.25) is 5.02 Å². The van der Waals surface area contributed by atoms with E-state index in [1.807, 2.05) is 17.6 Å². The van der Waals surface area contributed by atoms with Crippen LogP contribution in [-0.2, 0) is 6.54 Å². The fraction of sp³-hybridized carbons (Fsp3) is 0.208. The van der Waals surface area contributed by atoms with Crippen LogP contribution in [0.3, 0.4) is 0 Å². The van der Waals surface area contributed by atoms with Gasteiger partial charge in [0.05, 0.1) is 28.9 Å². The van der Waals surface area contributed by atoms with Crippen molar-refractivity contribution in [2.75, 3.05) is 19.0 Å². The molecule has 0 bridgehead atoms. The molecule has 2 aromatic carbocycles. The lowest BCUT2D eigenvalue weighted by Crippen LogP contribution is -2.13. The SMILES string of the molecule is COc1ccc(F)c2c1cc(C)n2CCNc1cc(-c2cc(C)c(C(=O)O)c(Cl)c2)ncn1. The normalized spacial score (nSPS) is 11.1. The summed E-state index contributed by atoms with van der Waals surface area (Å²) in [6, 6.07) is 10.0. The Morgan fingerprint density at radius 3 is 2.70 bits per heavy atom. The van der Waals surface area contributed by atoms with Gasteiger partial charge in [-0.25, -0.2) is 19.2 Å². The van der Waals surface area contributed by atoms with Gasteiger partial charge >= 0.3 is 5.97 Å². The lowest BCUT2D eigenvalue weighted by molar-refractivity contribution is 0.0696. The number of methoxy groups -OCH3 is 1. The van der Waals surface area contributed by atoms with Gasteiger partial charge in [0.1, 0.15) is 23.7 Å². The zero-order chi connectivity index (χ0) is 23.7. The Balaban J connectivity index is 1.54. The highest BCUT2D eigenvalue weighted by atomic mass is 35.5. The molecule has 0 spiro atoms. The summed E-state index contributed by atoms with van der Waals surface area (Å²) in [6.07, 6.45) is 1.42. The van der Waals surface area contributed by atoms with Crippen LogP contribution < -0.4 is 10.1 Å². The lowest BCUT2D eigenvalue weighted by atomic mass is 10.0. The minimum atomic E-state index is -1.07. The molecule has 0 unspecified atom stereocenters. The van der Waals surface area contributed by atoms with E-state index >= 15 is 0 Å². The van der Waals surface area contributed by atoms with E-state index in [1.54, 1.807) is 38.3 Å². The van der Waals surface area contributed by atoms with Crippen molar-refractivity contribution in [3.8, 4) is 17.0 Å². The average molecular weight is 469 g/mol. The summed E-state index contributed by atoms with van der Waals surface area (Å²) in [7, 11) is 1.57. The Hall–Kier alpha value is -3.65. The number of nitrogens with zero attached hydrogens (tertiary/aromatic N) is 3. The summed E-state index contributed by atoms with van der Waals surface area (Å²) in [6.45, 7) is 4.62. The van der Waals surface area contributed by atoms with E-state index in [0.29, 0.717) is 47.0 Å². The van der Waals surface area contributed by atoms with E-state index in [-0.39, 0.29) is 16.4 Å². The van der Waals surface area contributed by atoms with E-state index in [9.17, 15) is 14.3 Å². The number of aromatic nitrogens is 3. The van der Waals surface area contributed by atoms with E-state index in [0.717, 1.165) is 11.1 Å². The summed E-state index contributed by atoms with van der Waals surface area (Å²) >= 11 is 6.17. The molecular weight excluding hydrogens is 447 g/mol. The molecule has 0 radical (unpaired) electrons. The van der Waals surface area contributed by atoms with E-state index in [2.05, 4.69) is 15.3 Å². The Morgan fingerprint density at radius 2 is 2.00 bits per heavy atom. The Kier molecular flexibility index (Phi) is 6.20. The predicted octanol–water partition coefficient (Wildman–Crippen LogP) is 5.33. The largest absolute Gasteiger partial charge is 0.496 e. The Morgan fingerprint density at radius 1 is 1.21 bits per heavy atom. The van der Waals surface area contributed by atoms with Crippen LogP contribution in [0.5, 0.6) is 5.75 Å². The quantitative estimate of drug-likeness (QED) is 0.381. The summed E-state index contributed by atoms with van der Waals surface area (Å²) in [4.78, 5) is 19.9. The topological polar surface area (TPSA) is 89.3 Å². The number of aromatic carboxylic acids is 1. The standard InChI is InChI=1S/C24H22ClFN4O3/c1-13-8-15(10-17(25)22(13)24(31)32)19-11-21(29-12-28-19)27-6-7-30-14(2)9-16-20(33-3)5-4-18(26)23(16)30/h4-5,8-12H,6-7H2,1-3H3,(H,31,32)(H,27,28,29). The van der Waals surface area contributed by atoms with Crippen molar-refractivity contribution in [2.24, 2.45) is 0 Å². The van der Waals surface area contributed by atoms with Gasteiger partial charge in [0, 0.05) is 35.8 Å². The molecule has 0 saturated carbocycles. The van der Waals surface area contributed by atoms with Crippen LogP contribution in [0.25, 0.3) is 22.2 Å². The number of carboxylic acid groups (broad SMARTS) is 1. The number of carbonyl (C=O) groups is 1. The number of hydrogen-bond acceptors (Lipinski definition) is 5. The van der Waals surface area contributed by atoms with Crippen molar-refractivity contribution in [1.29, 1.82) is 0 Å². The Labute approximate surface area is 194 Å². The number of ether oxygens (including phenoxy) is 1. The first-order valence-corrected chi connectivity index (χ1v) is 10.6. The van der Waals surface area contributed by atoms with Crippen molar-refractivity contribution >= 4 is 34.3 Å². The molecule has 2 heterocycles. The molecular formula is C24H22ClFN4O3. The highest BCUT2D eigenvalue weighted by Gasteiger charge is 2.16. The molecule has 9 heteroatoms. The predicted molar refractivity (Wildman–Crippen MR) is 126 cm³/mol. The second-order valence-electron chi connectivity index (χ2n) is 7.62. The molecule has 170 valence electrons. The molecule has 0 fully saturated rings. The maximum Gasteiger partial charge on any atom is 0.337 e. The van der Waals surface area contributed by atoms with Gasteiger partial charge in [-0.05, 0) is 49.7 Å². The third-order valence-corrected chi connectivity index (χ3v) is 5.80. The van der Waals surface area contributed by atoms with Gasteiger partial charge in [-0.3, -0.25) is 0 Å². The number of fused-ring (bicyclic) bond motifs is 1. The summed E-state index contributed by atoms with van der Waals surface area (Å²) in [5.74, 6) is -0.163. The fourth-order valence-corrected chi connectivity index (χ4v) is 4.32. The smallest absolute Gasteiger partial charge is 0.337 e. The van der Waals surface area contributed by atoms with Crippen LogP contribution in [-0.4, -0.2) is 39.3 Å². The Bertz CT molecular complexity index is 1350. The molecule has 33 heavy (non-hydrogen) atoms.